The Balaban J connectivity index is 0. The van der Waals surface area contributed by atoms with Gasteiger partial charge in [-0.25, -0.2) is 4.79 Å². The number of nitrogens with zero attached hydrogens (tertiary/aromatic N) is 1. The van der Waals surface area contributed by atoms with Crippen molar-refractivity contribution in [3.8, 4) is 0 Å². The van der Waals surface area contributed by atoms with Gasteiger partial charge >= 0.3 is 5.97 Å². The number of aliphatic hydroxyl groups is 2. The predicted octanol–water partition coefficient (Wildman–Crippen LogP) is 0.419. The summed E-state index contributed by atoms with van der Waals surface area (Å²) >= 11 is 0. The van der Waals surface area contributed by atoms with E-state index in [1.54, 1.807) is 6.92 Å². The molecule has 0 heterocycles. The van der Waals surface area contributed by atoms with Crippen LogP contribution in [-0.2, 0) is 9.53 Å². The molecule has 0 saturated carbocycles. The molecule has 0 radical (unpaired) electrons. The van der Waals surface area contributed by atoms with Gasteiger partial charge in [0.05, 0.1) is 13.2 Å². The van der Waals surface area contributed by atoms with E-state index in [0.29, 0.717) is 12.2 Å². The Morgan fingerprint density at radius 3 is 2.00 bits per heavy atom. The average molecular weight is 247 g/mol. The lowest BCUT2D eigenvalue weighted by Gasteiger charge is -2.17. The first-order valence-electron chi connectivity index (χ1n) is 5.80. The average Bonchev–Trinajstić information content (AvgIpc) is 2.34. The number of carbonyl (C=O) groups excluding carboxylic acids is 1. The van der Waals surface area contributed by atoms with E-state index in [0.717, 1.165) is 19.6 Å². The van der Waals surface area contributed by atoms with Crippen LogP contribution in [0.1, 0.15) is 20.8 Å². The van der Waals surface area contributed by atoms with Gasteiger partial charge in [-0.15, -0.1) is 0 Å². The maximum absolute atomic E-state index is 11.0. The summed E-state index contributed by atoms with van der Waals surface area (Å²) in [4.78, 5) is 13.2. The van der Waals surface area contributed by atoms with Gasteiger partial charge in [-0.3, -0.25) is 0 Å². The van der Waals surface area contributed by atoms with E-state index >= 15 is 0 Å². The molecule has 0 aromatic carbocycles. The Labute approximate surface area is 104 Å². The fourth-order valence-corrected chi connectivity index (χ4v) is 0.930. The summed E-state index contributed by atoms with van der Waals surface area (Å²) in [5.41, 5.74) is 0.458. The Morgan fingerprint density at radius 2 is 1.71 bits per heavy atom. The van der Waals surface area contributed by atoms with Crippen molar-refractivity contribution in [1.29, 1.82) is 0 Å². The number of esters is 1. The highest BCUT2D eigenvalue weighted by molar-refractivity contribution is 5.86. The van der Waals surface area contributed by atoms with E-state index in [9.17, 15) is 4.79 Å². The first kappa shape index (κ1) is 18.5. The van der Waals surface area contributed by atoms with E-state index in [-0.39, 0.29) is 19.2 Å². The first-order valence-corrected chi connectivity index (χ1v) is 5.80. The molecule has 0 aliphatic rings. The minimum Gasteiger partial charge on any atom is -0.461 e. The van der Waals surface area contributed by atoms with Crippen molar-refractivity contribution in [2.45, 2.75) is 20.8 Å². The largest absolute Gasteiger partial charge is 0.461 e. The highest BCUT2D eigenvalue weighted by Gasteiger charge is 2.04. The Kier molecular flexibility index (Phi) is 14.3. The highest BCUT2D eigenvalue weighted by Crippen LogP contribution is 1.93. The summed E-state index contributed by atoms with van der Waals surface area (Å²) in [6, 6.07) is 0. The zero-order valence-corrected chi connectivity index (χ0v) is 11.1. The lowest BCUT2D eigenvalue weighted by atomic mass is 10.4. The Morgan fingerprint density at radius 1 is 1.24 bits per heavy atom. The molecule has 0 amide bonds. The van der Waals surface area contributed by atoms with Gasteiger partial charge in [0.1, 0.15) is 6.61 Å². The molecule has 5 nitrogen and oxygen atoms in total. The molecule has 5 heteroatoms. The smallest absolute Gasteiger partial charge is 0.333 e. The summed E-state index contributed by atoms with van der Waals surface area (Å²) < 4.78 is 4.96. The number of hydrogen-bond donors (Lipinski definition) is 2. The number of carbonyl (C=O) groups is 1. The molecule has 0 aromatic heterocycles. The lowest BCUT2D eigenvalue weighted by molar-refractivity contribution is -0.139. The Bertz CT molecular complexity index is 201. The zero-order chi connectivity index (χ0) is 13.7. The third kappa shape index (κ3) is 13.0. The number of hydrogen-bond acceptors (Lipinski definition) is 5. The van der Waals surface area contributed by atoms with Gasteiger partial charge in [0.25, 0.3) is 0 Å². The van der Waals surface area contributed by atoms with Crippen molar-refractivity contribution in [3.05, 3.63) is 12.2 Å². The molecule has 0 aromatic rings. The summed E-state index contributed by atoms with van der Waals surface area (Å²) in [7, 11) is 0. The SMILES string of the molecule is C=C(C)C(=O)OCCN(CC)CC.OCCO. The van der Waals surface area contributed by atoms with Crippen LogP contribution in [0.3, 0.4) is 0 Å². The third-order valence-electron chi connectivity index (χ3n) is 1.98. The van der Waals surface area contributed by atoms with Gasteiger partial charge in [-0.1, -0.05) is 20.4 Å². The van der Waals surface area contributed by atoms with Gasteiger partial charge in [-0.2, -0.15) is 0 Å². The molecule has 0 aliphatic carbocycles. The van der Waals surface area contributed by atoms with Crippen LogP contribution in [0.4, 0.5) is 0 Å². The van der Waals surface area contributed by atoms with E-state index < -0.39 is 0 Å². The van der Waals surface area contributed by atoms with Gasteiger partial charge in [0, 0.05) is 12.1 Å². The number of aliphatic hydroxyl groups excluding tert-OH is 2. The first-order chi connectivity index (χ1) is 8.03. The standard InChI is InChI=1S/C10H19NO2.C2H6O2/c1-5-11(6-2)7-8-13-10(12)9(3)4;3-1-2-4/h3,5-8H2,1-2,4H3;3-4H,1-2H2. The number of rotatable bonds is 7. The minimum atomic E-state index is -0.299. The summed E-state index contributed by atoms with van der Waals surface area (Å²) in [5, 5.41) is 15.2. The van der Waals surface area contributed by atoms with Crippen LogP contribution in [0.25, 0.3) is 0 Å². The summed E-state index contributed by atoms with van der Waals surface area (Å²) in [6.07, 6.45) is 0. The van der Waals surface area contributed by atoms with Gasteiger partial charge in [-0.05, 0) is 20.0 Å². The van der Waals surface area contributed by atoms with E-state index in [1.165, 1.54) is 0 Å². The second kappa shape index (κ2) is 13.2. The summed E-state index contributed by atoms with van der Waals surface area (Å²) in [5.74, 6) is -0.299. The van der Waals surface area contributed by atoms with E-state index in [1.807, 2.05) is 0 Å². The van der Waals surface area contributed by atoms with Crippen molar-refractivity contribution in [2.24, 2.45) is 0 Å². The lowest BCUT2D eigenvalue weighted by Crippen LogP contribution is -2.27. The van der Waals surface area contributed by atoms with Crippen LogP contribution in [0.5, 0.6) is 0 Å². The van der Waals surface area contributed by atoms with Crippen LogP contribution in [-0.4, -0.2) is 60.5 Å². The molecule has 17 heavy (non-hydrogen) atoms. The summed E-state index contributed by atoms with van der Waals surface area (Å²) in [6.45, 7) is 12.3. The van der Waals surface area contributed by atoms with Crippen LogP contribution in [0.2, 0.25) is 0 Å². The number of ether oxygens (including phenoxy) is 1. The quantitative estimate of drug-likeness (QED) is 0.504. The van der Waals surface area contributed by atoms with Crippen LogP contribution >= 0.6 is 0 Å². The second-order valence-corrected chi connectivity index (χ2v) is 3.39. The molecule has 0 saturated heterocycles. The minimum absolute atomic E-state index is 0.125. The third-order valence-corrected chi connectivity index (χ3v) is 1.98. The molecule has 0 bridgehead atoms. The van der Waals surface area contributed by atoms with Crippen molar-refractivity contribution >= 4 is 5.97 Å². The predicted molar refractivity (Wildman–Crippen MR) is 67.7 cm³/mol. The molecule has 0 spiro atoms. The van der Waals surface area contributed by atoms with Crippen molar-refractivity contribution < 1.29 is 19.7 Å². The maximum atomic E-state index is 11.0. The molecule has 0 rings (SSSR count). The molecule has 102 valence electrons. The molecule has 0 atom stereocenters. The Hall–Kier alpha value is -0.910. The van der Waals surface area contributed by atoms with Crippen LogP contribution in [0, 0.1) is 0 Å². The van der Waals surface area contributed by atoms with Crippen LogP contribution < -0.4 is 0 Å². The van der Waals surface area contributed by atoms with Gasteiger partial charge in [0.15, 0.2) is 0 Å². The van der Waals surface area contributed by atoms with Gasteiger partial charge in [0.2, 0.25) is 0 Å². The second-order valence-electron chi connectivity index (χ2n) is 3.39. The monoisotopic (exact) mass is 247 g/mol. The van der Waals surface area contributed by atoms with Gasteiger partial charge < -0.3 is 19.8 Å². The van der Waals surface area contributed by atoms with Crippen molar-refractivity contribution in [3.63, 3.8) is 0 Å². The molecule has 0 fully saturated rings. The molecular formula is C12H25NO4. The van der Waals surface area contributed by atoms with Crippen LogP contribution in [0.15, 0.2) is 12.2 Å². The normalized spacial score (nSPS) is 9.53. The highest BCUT2D eigenvalue weighted by atomic mass is 16.5. The van der Waals surface area contributed by atoms with Crippen molar-refractivity contribution in [1.82, 2.24) is 4.90 Å². The topological polar surface area (TPSA) is 70.0 Å². The van der Waals surface area contributed by atoms with E-state index in [4.69, 9.17) is 14.9 Å². The molecule has 0 aliphatic heterocycles. The van der Waals surface area contributed by atoms with E-state index in [2.05, 4.69) is 25.3 Å². The number of likely N-dealkylation sites (N-methyl/N-ethyl adjacent to an activating group) is 1. The molecule has 2 N–H and O–H groups in total. The zero-order valence-electron chi connectivity index (χ0n) is 11.1. The maximum Gasteiger partial charge on any atom is 0.333 e. The molecular weight excluding hydrogens is 222 g/mol. The fraction of sp³-hybridized carbons (Fsp3) is 0.750. The fourth-order valence-electron chi connectivity index (χ4n) is 0.930. The van der Waals surface area contributed by atoms with Crippen molar-refractivity contribution in [2.75, 3.05) is 39.5 Å². The molecule has 0 unspecified atom stereocenters.